The Hall–Kier alpha value is -2.51. The normalized spacial score (nSPS) is 11.2. The summed E-state index contributed by atoms with van der Waals surface area (Å²) >= 11 is 0. The maximum Gasteiger partial charge on any atom is 0.321 e. The van der Waals surface area contributed by atoms with Crippen LogP contribution >= 0.6 is 0 Å². The summed E-state index contributed by atoms with van der Waals surface area (Å²) in [4.78, 5) is 24.0. The van der Waals surface area contributed by atoms with Gasteiger partial charge in [0.05, 0.1) is 4.90 Å². The van der Waals surface area contributed by atoms with Crippen LogP contribution in [-0.4, -0.2) is 33.3 Å². The number of carbonyl (C=O) groups is 2. The Morgan fingerprint density at radius 2 is 1.70 bits per heavy atom. The maximum absolute atomic E-state index is 12.3. The molecule has 2 aromatic carbocycles. The molecule has 6 nitrogen and oxygen atoms in total. The number of benzene rings is 2. The standard InChI is InChI=1S/C20H23NO5S/c1-4-16-7-9-17(10-8-16)18(22)13-26-20(23)12-21-27(24,25)19-11-14(2)5-6-15(19)3/h5-11,21H,4,12-13H2,1-3H3. The first kappa shape index (κ1) is 20.8. The van der Waals surface area contributed by atoms with Crippen molar-refractivity contribution in [1.82, 2.24) is 4.72 Å². The van der Waals surface area contributed by atoms with E-state index < -0.39 is 29.1 Å². The second-order valence-corrected chi connectivity index (χ2v) is 7.96. The molecule has 0 fully saturated rings. The van der Waals surface area contributed by atoms with Gasteiger partial charge in [-0.05, 0) is 43.0 Å². The fourth-order valence-corrected chi connectivity index (χ4v) is 3.73. The second-order valence-electron chi connectivity index (χ2n) is 6.23. The molecule has 0 saturated heterocycles. The summed E-state index contributed by atoms with van der Waals surface area (Å²) in [7, 11) is -3.84. The van der Waals surface area contributed by atoms with Crippen LogP contribution in [0, 0.1) is 13.8 Å². The molecule has 7 heteroatoms. The van der Waals surface area contributed by atoms with Gasteiger partial charge in [0.2, 0.25) is 10.0 Å². The van der Waals surface area contributed by atoms with Gasteiger partial charge in [-0.25, -0.2) is 8.42 Å². The topological polar surface area (TPSA) is 89.5 Å². The van der Waals surface area contributed by atoms with E-state index in [9.17, 15) is 18.0 Å². The third kappa shape index (κ3) is 5.74. The largest absolute Gasteiger partial charge is 0.456 e. The molecular weight excluding hydrogens is 366 g/mol. The van der Waals surface area contributed by atoms with Crippen LogP contribution in [0.5, 0.6) is 0 Å². The number of aryl methyl sites for hydroxylation is 3. The maximum atomic E-state index is 12.3. The highest BCUT2D eigenvalue weighted by molar-refractivity contribution is 7.89. The van der Waals surface area contributed by atoms with Crippen LogP contribution in [0.2, 0.25) is 0 Å². The molecule has 1 N–H and O–H groups in total. The van der Waals surface area contributed by atoms with Gasteiger partial charge in [0.1, 0.15) is 6.54 Å². The highest BCUT2D eigenvalue weighted by atomic mass is 32.2. The fraction of sp³-hybridized carbons (Fsp3) is 0.300. The van der Waals surface area contributed by atoms with E-state index in [0.717, 1.165) is 17.5 Å². The number of Topliss-reactive ketones (excluding diaryl/α,β-unsaturated/α-hetero) is 1. The van der Waals surface area contributed by atoms with E-state index in [0.29, 0.717) is 11.1 Å². The molecule has 0 atom stereocenters. The smallest absolute Gasteiger partial charge is 0.321 e. The summed E-state index contributed by atoms with van der Waals surface area (Å²) in [6, 6.07) is 12.1. The van der Waals surface area contributed by atoms with Crippen molar-refractivity contribution in [2.45, 2.75) is 32.1 Å². The number of nitrogens with one attached hydrogen (secondary N) is 1. The molecule has 0 unspecified atom stereocenters. The molecule has 0 bridgehead atoms. The molecule has 27 heavy (non-hydrogen) atoms. The average molecular weight is 389 g/mol. The minimum absolute atomic E-state index is 0.113. The highest BCUT2D eigenvalue weighted by Gasteiger charge is 2.19. The molecule has 144 valence electrons. The zero-order valence-electron chi connectivity index (χ0n) is 15.6. The van der Waals surface area contributed by atoms with Crippen molar-refractivity contribution < 1.29 is 22.7 Å². The molecule has 2 rings (SSSR count). The van der Waals surface area contributed by atoms with Crippen LogP contribution < -0.4 is 4.72 Å². The van der Waals surface area contributed by atoms with Gasteiger partial charge in [-0.2, -0.15) is 4.72 Å². The van der Waals surface area contributed by atoms with Gasteiger partial charge in [-0.1, -0.05) is 43.3 Å². The first-order chi connectivity index (χ1) is 12.7. The molecule has 2 aromatic rings. The number of ketones is 1. The molecule has 0 aliphatic carbocycles. The molecule has 0 amide bonds. The van der Waals surface area contributed by atoms with Gasteiger partial charge in [-0.3, -0.25) is 9.59 Å². The van der Waals surface area contributed by atoms with Crippen molar-refractivity contribution in [2.24, 2.45) is 0 Å². The van der Waals surface area contributed by atoms with Crippen molar-refractivity contribution in [3.05, 3.63) is 64.7 Å². The monoisotopic (exact) mass is 389 g/mol. The Morgan fingerprint density at radius 1 is 1.04 bits per heavy atom. The lowest BCUT2D eigenvalue weighted by Crippen LogP contribution is -2.32. The molecule has 0 radical (unpaired) electrons. The first-order valence-electron chi connectivity index (χ1n) is 8.57. The number of ether oxygens (including phenoxy) is 1. The summed E-state index contributed by atoms with van der Waals surface area (Å²) in [5.41, 5.74) is 2.91. The number of hydrogen-bond acceptors (Lipinski definition) is 5. The first-order valence-corrected chi connectivity index (χ1v) is 10.1. The van der Waals surface area contributed by atoms with E-state index in [1.807, 2.05) is 19.1 Å². The van der Waals surface area contributed by atoms with E-state index in [4.69, 9.17) is 4.74 Å². The summed E-state index contributed by atoms with van der Waals surface area (Å²) in [5.74, 6) is -1.16. The molecule has 0 aliphatic heterocycles. The Labute approximate surface area is 159 Å². The number of sulfonamides is 1. The summed E-state index contributed by atoms with van der Waals surface area (Å²) in [5, 5.41) is 0. The summed E-state index contributed by atoms with van der Waals surface area (Å²) < 4.78 is 31.8. The average Bonchev–Trinajstić information content (AvgIpc) is 2.66. The third-order valence-corrected chi connectivity index (χ3v) is 5.63. The van der Waals surface area contributed by atoms with Gasteiger partial charge in [-0.15, -0.1) is 0 Å². The minimum atomic E-state index is -3.84. The Morgan fingerprint density at radius 3 is 2.33 bits per heavy atom. The van der Waals surface area contributed by atoms with Crippen molar-refractivity contribution in [3.8, 4) is 0 Å². The van der Waals surface area contributed by atoms with Crippen LogP contribution in [0.25, 0.3) is 0 Å². The summed E-state index contributed by atoms with van der Waals surface area (Å²) in [6.45, 7) is 4.49. The van der Waals surface area contributed by atoms with Crippen LogP contribution in [-0.2, 0) is 26.0 Å². The molecule has 0 saturated carbocycles. The Balaban J connectivity index is 1.90. The fourth-order valence-electron chi connectivity index (χ4n) is 2.44. The van der Waals surface area contributed by atoms with Crippen LogP contribution in [0.4, 0.5) is 0 Å². The quantitative estimate of drug-likeness (QED) is 0.554. The van der Waals surface area contributed by atoms with E-state index in [2.05, 4.69) is 4.72 Å². The van der Waals surface area contributed by atoms with Crippen molar-refractivity contribution in [3.63, 3.8) is 0 Å². The molecule has 0 heterocycles. The molecule has 0 spiro atoms. The molecular formula is C20H23NO5S. The van der Waals surface area contributed by atoms with Crippen LogP contribution in [0.3, 0.4) is 0 Å². The van der Waals surface area contributed by atoms with E-state index in [1.165, 1.54) is 6.07 Å². The van der Waals surface area contributed by atoms with Crippen LogP contribution in [0.1, 0.15) is 34.0 Å². The SMILES string of the molecule is CCc1ccc(C(=O)COC(=O)CNS(=O)(=O)c2cc(C)ccc2C)cc1. The lowest BCUT2D eigenvalue weighted by Gasteiger charge is -2.10. The van der Waals surface area contributed by atoms with Gasteiger partial charge >= 0.3 is 5.97 Å². The van der Waals surface area contributed by atoms with Crippen LogP contribution in [0.15, 0.2) is 47.4 Å². The van der Waals surface area contributed by atoms with E-state index >= 15 is 0 Å². The van der Waals surface area contributed by atoms with E-state index in [-0.39, 0.29) is 10.7 Å². The molecule has 0 aromatic heterocycles. The van der Waals surface area contributed by atoms with Gasteiger partial charge in [0.25, 0.3) is 0 Å². The van der Waals surface area contributed by atoms with Crippen molar-refractivity contribution >= 4 is 21.8 Å². The third-order valence-electron chi connectivity index (χ3n) is 4.09. The lowest BCUT2D eigenvalue weighted by atomic mass is 10.1. The van der Waals surface area contributed by atoms with Crippen molar-refractivity contribution in [2.75, 3.05) is 13.2 Å². The minimum Gasteiger partial charge on any atom is -0.456 e. The number of carbonyl (C=O) groups excluding carboxylic acids is 2. The number of hydrogen-bond donors (Lipinski definition) is 1. The van der Waals surface area contributed by atoms with E-state index in [1.54, 1.807) is 38.1 Å². The van der Waals surface area contributed by atoms with Gasteiger partial charge in [0.15, 0.2) is 12.4 Å². The Bertz CT molecular complexity index is 933. The zero-order chi connectivity index (χ0) is 20.0. The summed E-state index contributed by atoms with van der Waals surface area (Å²) in [6.07, 6.45) is 0.865. The molecule has 0 aliphatic rings. The Kier molecular flexibility index (Phi) is 6.87. The second kappa shape index (κ2) is 8.92. The highest BCUT2D eigenvalue weighted by Crippen LogP contribution is 2.16. The van der Waals surface area contributed by atoms with Gasteiger partial charge < -0.3 is 4.74 Å². The van der Waals surface area contributed by atoms with Crippen molar-refractivity contribution in [1.29, 1.82) is 0 Å². The van der Waals surface area contributed by atoms with Gasteiger partial charge in [0, 0.05) is 5.56 Å². The number of rotatable bonds is 8. The lowest BCUT2D eigenvalue weighted by molar-refractivity contribution is -0.141. The predicted molar refractivity (Wildman–Crippen MR) is 102 cm³/mol. The zero-order valence-corrected chi connectivity index (χ0v) is 16.4. The number of esters is 1. The predicted octanol–water partition coefficient (Wildman–Crippen LogP) is 2.57.